The maximum atomic E-state index is 11.7. The van der Waals surface area contributed by atoms with Crippen LogP contribution in [-0.4, -0.2) is 22.0 Å². The predicted octanol–water partition coefficient (Wildman–Crippen LogP) is 4.37. The molecule has 2 aromatic carbocycles. The number of aromatic nitrogens is 2. The molecule has 0 unspecified atom stereocenters. The minimum Gasteiger partial charge on any atom is -0.497 e. The number of nitro groups is 1. The molecule has 8 nitrogen and oxygen atoms in total. The van der Waals surface area contributed by atoms with Crippen LogP contribution in [0.15, 0.2) is 48.8 Å². The Morgan fingerprint density at radius 3 is 2.46 bits per heavy atom. The lowest BCUT2D eigenvalue weighted by Gasteiger charge is -2.13. The largest absolute Gasteiger partial charge is 0.497 e. The number of hydrogen-bond donors (Lipinski definition) is 2. The minimum atomic E-state index is -0.482. The van der Waals surface area contributed by atoms with Crippen molar-refractivity contribution in [1.29, 1.82) is 0 Å². The van der Waals surface area contributed by atoms with Gasteiger partial charge in [-0.2, -0.15) is 0 Å². The van der Waals surface area contributed by atoms with Crippen molar-refractivity contribution in [3.05, 3.63) is 75.6 Å². The number of anilines is 3. The lowest BCUT2D eigenvalue weighted by atomic mass is 10.1. The molecule has 0 aliphatic carbocycles. The van der Waals surface area contributed by atoms with Gasteiger partial charge in [-0.05, 0) is 48.7 Å². The number of rotatable bonds is 7. The zero-order chi connectivity index (χ0) is 20.1. The van der Waals surface area contributed by atoms with Gasteiger partial charge in [-0.15, -0.1) is 0 Å². The summed E-state index contributed by atoms with van der Waals surface area (Å²) in [5.41, 5.74) is 3.60. The number of methoxy groups -OCH3 is 1. The first-order valence-corrected chi connectivity index (χ1v) is 8.69. The van der Waals surface area contributed by atoms with E-state index in [-0.39, 0.29) is 17.3 Å². The molecule has 0 bridgehead atoms. The van der Waals surface area contributed by atoms with E-state index in [9.17, 15) is 10.1 Å². The molecule has 0 spiro atoms. The molecule has 0 amide bonds. The van der Waals surface area contributed by atoms with Crippen molar-refractivity contribution in [3.63, 3.8) is 0 Å². The van der Waals surface area contributed by atoms with Crippen molar-refractivity contribution in [2.45, 2.75) is 20.4 Å². The van der Waals surface area contributed by atoms with Crippen LogP contribution in [0.5, 0.6) is 5.75 Å². The summed E-state index contributed by atoms with van der Waals surface area (Å²) in [5, 5.41) is 17.8. The monoisotopic (exact) mass is 379 g/mol. The first-order valence-electron chi connectivity index (χ1n) is 8.69. The van der Waals surface area contributed by atoms with E-state index in [1.54, 1.807) is 7.11 Å². The number of aryl methyl sites for hydroxylation is 1. The summed E-state index contributed by atoms with van der Waals surface area (Å²) in [7, 11) is 1.60. The number of nitrogens with one attached hydrogen (secondary N) is 2. The van der Waals surface area contributed by atoms with E-state index in [2.05, 4.69) is 20.6 Å². The van der Waals surface area contributed by atoms with E-state index in [1.165, 1.54) is 6.33 Å². The Morgan fingerprint density at radius 1 is 1.07 bits per heavy atom. The second kappa shape index (κ2) is 8.34. The Morgan fingerprint density at radius 2 is 1.79 bits per heavy atom. The fourth-order valence-corrected chi connectivity index (χ4v) is 2.72. The zero-order valence-corrected chi connectivity index (χ0v) is 15.9. The maximum Gasteiger partial charge on any atom is 0.353 e. The Labute approximate surface area is 162 Å². The Kier molecular flexibility index (Phi) is 5.69. The Bertz CT molecular complexity index is 990. The highest BCUT2D eigenvalue weighted by Crippen LogP contribution is 2.32. The van der Waals surface area contributed by atoms with Gasteiger partial charge in [-0.1, -0.05) is 24.3 Å². The molecule has 0 aliphatic heterocycles. The van der Waals surface area contributed by atoms with Crippen LogP contribution in [0.3, 0.4) is 0 Å². The van der Waals surface area contributed by atoms with Crippen LogP contribution in [0.25, 0.3) is 0 Å². The molecule has 28 heavy (non-hydrogen) atoms. The third kappa shape index (κ3) is 4.17. The molecule has 1 aromatic heterocycles. The molecular weight excluding hydrogens is 358 g/mol. The highest BCUT2D eigenvalue weighted by molar-refractivity contribution is 5.75. The van der Waals surface area contributed by atoms with Crippen LogP contribution >= 0.6 is 0 Å². The lowest BCUT2D eigenvalue weighted by molar-refractivity contribution is -0.383. The van der Waals surface area contributed by atoms with Gasteiger partial charge in [0.1, 0.15) is 12.1 Å². The SMILES string of the molecule is COc1ccc(CNc2ncnc(Nc3cccc(C)c3C)c2[N+](=O)[O-])cc1. The minimum absolute atomic E-state index is 0.144. The summed E-state index contributed by atoms with van der Waals surface area (Å²) in [6.45, 7) is 4.31. The fourth-order valence-electron chi connectivity index (χ4n) is 2.72. The summed E-state index contributed by atoms with van der Waals surface area (Å²) in [6, 6.07) is 13.2. The molecule has 0 saturated carbocycles. The number of benzene rings is 2. The van der Waals surface area contributed by atoms with Crippen molar-refractivity contribution >= 4 is 23.0 Å². The van der Waals surface area contributed by atoms with E-state index in [4.69, 9.17) is 4.74 Å². The van der Waals surface area contributed by atoms with Crippen LogP contribution in [-0.2, 0) is 6.54 Å². The van der Waals surface area contributed by atoms with Gasteiger partial charge in [0.15, 0.2) is 0 Å². The summed E-state index contributed by atoms with van der Waals surface area (Å²) >= 11 is 0. The predicted molar refractivity (Wildman–Crippen MR) is 108 cm³/mol. The van der Waals surface area contributed by atoms with Gasteiger partial charge in [0.25, 0.3) is 0 Å². The van der Waals surface area contributed by atoms with Crippen molar-refractivity contribution in [2.24, 2.45) is 0 Å². The second-order valence-electron chi connectivity index (χ2n) is 6.25. The van der Waals surface area contributed by atoms with Gasteiger partial charge >= 0.3 is 5.69 Å². The Hall–Kier alpha value is -3.68. The quantitative estimate of drug-likeness (QED) is 0.464. The van der Waals surface area contributed by atoms with Crippen molar-refractivity contribution in [1.82, 2.24) is 9.97 Å². The van der Waals surface area contributed by atoms with Gasteiger partial charge in [0, 0.05) is 12.2 Å². The van der Waals surface area contributed by atoms with Crippen LogP contribution < -0.4 is 15.4 Å². The van der Waals surface area contributed by atoms with E-state index in [1.807, 2.05) is 56.3 Å². The van der Waals surface area contributed by atoms with Crippen LogP contribution in [0.1, 0.15) is 16.7 Å². The molecule has 2 N–H and O–H groups in total. The smallest absolute Gasteiger partial charge is 0.353 e. The number of nitrogens with zero attached hydrogens (tertiary/aromatic N) is 3. The van der Waals surface area contributed by atoms with Crippen molar-refractivity contribution in [2.75, 3.05) is 17.7 Å². The average Bonchev–Trinajstić information content (AvgIpc) is 2.70. The summed E-state index contributed by atoms with van der Waals surface area (Å²) in [4.78, 5) is 19.4. The Balaban J connectivity index is 1.86. The van der Waals surface area contributed by atoms with E-state index < -0.39 is 4.92 Å². The maximum absolute atomic E-state index is 11.7. The molecule has 0 fully saturated rings. The summed E-state index contributed by atoms with van der Waals surface area (Å²) < 4.78 is 5.13. The van der Waals surface area contributed by atoms with Crippen LogP contribution in [0.4, 0.5) is 23.0 Å². The molecule has 8 heteroatoms. The molecule has 3 rings (SSSR count). The molecule has 144 valence electrons. The molecular formula is C20H21N5O3. The zero-order valence-electron chi connectivity index (χ0n) is 15.9. The molecule has 0 atom stereocenters. The van der Waals surface area contributed by atoms with Gasteiger partial charge < -0.3 is 15.4 Å². The highest BCUT2D eigenvalue weighted by atomic mass is 16.6. The molecule has 0 aliphatic rings. The fraction of sp³-hybridized carbons (Fsp3) is 0.200. The first kappa shape index (κ1) is 19.1. The van der Waals surface area contributed by atoms with E-state index in [0.717, 1.165) is 28.1 Å². The number of ether oxygens (including phenoxy) is 1. The van der Waals surface area contributed by atoms with Crippen LogP contribution in [0, 0.1) is 24.0 Å². The number of hydrogen-bond acceptors (Lipinski definition) is 7. The standard InChI is InChI=1S/C20H21N5O3/c1-13-5-4-6-17(14(13)2)24-20-18(25(26)27)19(22-12-23-20)21-11-15-7-9-16(28-3)10-8-15/h4-10,12H,11H2,1-3H3,(H2,21,22,23,24). The van der Waals surface area contributed by atoms with E-state index in [0.29, 0.717) is 6.54 Å². The molecule has 3 aromatic rings. The van der Waals surface area contributed by atoms with Gasteiger partial charge in [0.05, 0.1) is 12.0 Å². The second-order valence-corrected chi connectivity index (χ2v) is 6.25. The topological polar surface area (TPSA) is 102 Å². The van der Waals surface area contributed by atoms with Crippen molar-refractivity contribution in [3.8, 4) is 5.75 Å². The summed E-state index contributed by atoms with van der Waals surface area (Å²) in [6.07, 6.45) is 1.30. The first-order chi connectivity index (χ1) is 13.5. The molecule has 0 radical (unpaired) electrons. The third-order valence-electron chi connectivity index (χ3n) is 4.48. The van der Waals surface area contributed by atoms with Crippen molar-refractivity contribution < 1.29 is 9.66 Å². The van der Waals surface area contributed by atoms with E-state index >= 15 is 0 Å². The van der Waals surface area contributed by atoms with Gasteiger partial charge in [-0.25, -0.2) is 9.97 Å². The highest BCUT2D eigenvalue weighted by Gasteiger charge is 2.23. The molecule has 0 saturated heterocycles. The summed E-state index contributed by atoms with van der Waals surface area (Å²) in [5.74, 6) is 1.05. The van der Waals surface area contributed by atoms with Gasteiger partial charge in [0.2, 0.25) is 11.6 Å². The van der Waals surface area contributed by atoms with Crippen LogP contribution in [0.2, 0.25) is 0 Å². The molecule has 1 heterocycles. The lowest BCUT2D eigenvalue weighted by Crippen LogP contribution is -2.08. The average molecular weight is 379 g/mol. The van der Waals surface area contributed by atoms with Gasteiger partial charge in [-0.3, -0.25) is 10.1 Å². The third-order valence-corrected chi connectivity index (χ3v) is 4.48. The normalized spacial score (nSPS) is 10.4.